The van der Waals surface area contributed by atoms with Gasteiger partial charge in [0.1, 0.15) is 0 Å². The maximum absolute atomic E-state index is 6.39. The Hall–Kier alpha value is -0.830. The molecule has 0 saturated carbocycles. The lowest BCUT2D eigenvalue weighted by molar-refractivity contribution is 0.356. The van der Waals surface area contributed by atoms with Crippen LogP contribution in [0.15, 0.2) is 12.3 Å². The van der Waals surface area contributed by atoms with Crippen LogP contribution in [-0.4, -0.2) is 15.8 Å². The van der Waals surface area contributed by atoms with E-state index in [1.165, 1.54) is 25.7 Å². The standard InChI is InChI=1S/C16H31N3/c1-5-8-14(9-6-2)16(17)12-15-10-11-19(18-15)13(4)7-3/h10-11,13-14,16H,5-9,12,17H2,1-4H3. The minimum absolute atomic E-state index is 0.250. The van der Waals surface area contributed by atoms with E-state index in [9.17, 15) is 0 Å². The summed E-state index contributed by atoms with van der Waals surface area (Å²) in [7, 11) is 0. The molecule has 0 saturated heterocycles. The first-order chi connectivity index (χ1) is 9.12. The molecule has 0 fully saturated rings. The van der Waals surface area contributed by atoms with Gasteiger partial charge >= 0.3 is 0 Å². The van der Waals surface area contributed by atoms with Gasteiger partial charge in [0.2, 0.25) is 0 Å². The van der Waals surface area contributed by atoms with Crippen LogP contribution in [0.1, 0.15) is 71.5 Å². The van der Waals surface area contributed by atoms with Crippen molar-refractivity contribution in [3.63, 3.8) is 0 Å². The normalized spacial score (nSPS) is 14.8. The third-order valence-electron chi connectivity index (χ3n) is 4.08. The fourth-order valence-corrected chi connectivity index (χ4v) is 2.64. The minimum atomic E-state index is 0.250. The van der Waals surface area contributed by atoms with E-state index in [0.717, 1.165) is 18.5 Å². The van der Waals surface area contributed by atoms with Gasteiger partial charge in [-0.1, -0.05) is 33.6 Å². The SMILES string of the molecule is CCCC(CCC)C(N)Cc1ccn(C(C)CC)n1. The molecule has 2 N–H and O–H groups in total. The van der Waals surface area contributed by atoms with E-state index < -0.39 is 0 Å². The summed E-state index contributed by atoms with van der Waals surface area (Å²) in [6.45, 7) is 8.88. The predicted octanol–water partition coefficient (Wildman–Crippen LogP) is 3.94. The summed E-state index contributed by atoms with van der Waals surface area (Å²) in [5, 5.41) is 4.66. The quantitative estimate of drug-likeness (QED) is 0.735. The molecule has 2 unspecified atom stereocenters. The van der Waals surface area contributed by atoms with Crippen LogP contribution in [0.4, 0.5) is 0 Å². The molecule has 3 heteroatoms. The van der Waals surface area contributed by atoms with Crippen molar-refractivity contribution in [3.05, 3.63) is 18.0 Å². The van der Waals surface area contributed by atoms with Gasteiger partial charge in [0.15, 0.2) is 0 Å². The molecule has 3 nitrogen and oxygen atoms in total. The molecule has 0 amide bonds. The molecule has 19 heavy (non-hydrogen) atoms. The summed E-state index contributed by atoms with van der Waals surface area (Å²) in [5.74, 6) is 0.642. The second kappa shape index (κ2) is 8.36. The van der Waals surface area contributed by atoms with Crippen molar-refractivity contribution in [1.82, 2.24) is 9.78 Å². The zero-order chi connectivity index (χ0) is 14.3. The molecular formula is C16H31N3. The molecular weight excluding hydrogens is 234 g/mol. The highest BCUT2D eigenvalue weighted by Crippen LogP contribution is 2.19. The van der Waals surface area contributed by atoms with E-state index in [1.807, 2.05) is 0 Å². The van der Waals surface area contributed by atoms with E-state index in [4.69, 9.17) is 5.73 Å². The summed E-state index contributed by atoms with van der Waals surface area (Å²) in [6.07, 6.45) is 9.03. The van der Waals surface area contributed by atoms with Gasteiger partial charge < -0.3 is 5.73 Å². The summed E-state index contributed by atoms with van der Waals surface area (Å²) in [5.41, 5.74) is 7.53. The molecule has 0 bridgehead atoms. The van der Waals surface area contributed by atoms with Gasteiger partial charge in [0.05, 0.1) is 5.69 Å². The van der Waals surface area contributed by atoms with Crippen LogP contribution in [0.5, 0.6) is 0 Å². The molecule has 0 aliphatic carbocycles. The van der Waals surface area contributed by atoms with Gasteiger partial charge in [0, 0.05) is 24.7 Å². The maximum atomic E-state index is 6.39. The fraction of sp³-hybridized carbons (Fsp3) is 0.812. The van der Waals surface area contributed by atoms with Crippen molar-refractivity contribution in [2.75, 3.05) is 0 Å². The van der Waals surface area contributed by atoms with Gasteiger partial charge in [-0.15, -0.1) is 0 Å². The Balaban J connectivity index is 2.59. The number of rotatable bonds is 9. The molecule has 0 aliphatic heterocycles. The lowest BCUT2D eigenvalue weighted by Crippen LogP contribution is -2.32. The van der Waals surface area contributed by atoms with E-state index in [2.05, 4.69) is 49.7 Å². The van der Waals surface area contributed by atoms with Gasteiger partial charge in [-0.3, -0.25) is 4.68 Å². The van der Waals surface area contributed by atoms with E-state index in [1.54, 1.807) is 0 Å². The topological polar surface area (TPSA) is 43.8 Å². The summed E-state index contributed by atoms with van der Waals surface area (Å²) in [6, 6.07) is 2.85. The van der Waals surface area contributed by atoms with Crippen molar-refractivity contribution in [3.8, 4) is 0 Å². The first kappa shape index (κ1) is 16.2. The van der Waals surface area contributed by atoms with Crippen molar-refractivity contribution in [2.45, 2.75) is 78.3 Å². The van der Waals surface area contributed by atoms with Gasteiger partial charge in [-0.2, -0.15) is 5.10 Å². The Kier molecular flexibility index (Phi) is 7.14. The van der Waals surface area contributed by atoms with E-state index in [0.29, 0.717) is 12.0 Å². The van der Waals surface area contributed by atoms with Crippen molar-refractivity contribution >= 4 is 0 Å². The summed E-state index contributed by atoms with van der Waals surface area (Å²) >= 11 is 0. The van der Waals surface area contributed by atoms with Gasteiger partial charge in [0.25, 0.3) is 0 Å². The molecule has 1 heterocycles. The third-order valence-corrected chi connectivity index (χ3v) is 4.08. The van der Waals surface area contributed by atoms with Crippen molar-refractivity contribution in [1.29, 1.82) is 0 Å². The van der Waals surface area contributed by atoms with Gasteiger partial charge in [-0.05, 0) is 38.2 Å². The molecule has 110 valence electrons. The smallest absolute Gasteiger partial charge is 0.0640 e. The zero-order valence-corrected chi connectivity index (χ0v) is 13.1. The van der Waals surface area contributed by atoms with Crippen LogP contribution in [0.2, 0.25) is 0 Å². The first-order valence-electron chi connectivity index (χ1n) is 7.91. The molecule has 1 rings (SSSR count). The Morgan fingerprint density at radius 3 is 2.37 bits per heavy atom. The highest BCUT2D eigenvalue weighted by molar-refractivity contribution is 5.02. The fourth-order valence-electron chi connectivity index (χ4n) is 2.64. The van der Waals surface area contributed by atoms with E-state index in [-0.39, 0.29) is 6.04 Å². The molecule has 1 aromatic heterocycles. The first-order valence-corrected chi connectivity index (χ1v) is 7.91. The Morgan fingerprint density at radius 1 is 1.21 bits per heavy atom. The average Bonchev–Trinajstić information content (AvgIpc) is 2.86. The van der Waals surface area contributed by atoms with Crippen LogP contribution in [0, 0.1) is 5.92 Å². The second-order valence-corrected chi connectivity index (χ2v) is 5.75. The lowest BCUT2D eigenvalue weighted by atomic mass is 9.88. The molecule has 1 aromatic rings. The Bertz CT molecular complexity index is 340. The number of nitrogens with two attached hydrogens (primary N) is 1. The maximum Gasteiger partial charge on any atom is 0.0640 e. The molecule has 2 atom stereocenters. The van der Waals surface area contributed by atoms with Crippen molar-refractivity contribution < 1.29 is 0 Å². The number of hydrogen-bond donors (Lipinski definition) is 1. The highest BCUT2D eigenvalue weighted by Gasteiger charge is 2.18. The average molecular weight is 265 g/mol. The van der Waals surface area contributed by atoms with Crippen molar-refractivity contribution in [2.24, 2.45) is 11.7 Å². The zero-order valence-electron chi connectivity index (χ0n) is 13.1. The minimum Gasteiger partial charge on any atom is -0.327 e. The Morgan fingerprint density at radius 2 is 1.84 bits per heavy atom. The highest BCUT2D eigenvalue weighted by atomic mass is 15.3. The van der Waals surface area contributed by atoms with Crippen LogP contribution >= 0.6 is 0 Å². The van der Waals surface area contributed by atoms with Crippen LogP contribution < -0.4 is 5.73 Å². The second-order valence-electron chi connectivity index (χ2n) is 5.75. The van der Waals surface area contributed by atoms with Crippen LogP contribution in [0.25, 0.3) is 0 Å². The van der Waals surface area contributed by atoms with Crippen LogP contribution in [-0.2, 0) is 6.42 Å². The number of nitrogens with zero attached hydrogens (tertiary/aromatic N) is 2. The molecule has 0 radical (unpaired) electrons. The lowest BCUT2D eigenvalue weighted by Gasteiger charge is -2.22. The molecule has 0 aliphatic rings. The number of hydrogen-bond acceptors (Lipinski definition) is 2. The summed E-state index contributed by atoms with van der Waals surface area (Å²) in [4.78, 5) is 0. The molecule has 0 spiro atoms. The largest absolute Gasteiger partial charge is 0.327 e. The number of aromatic nitrogens is 2. The predicted molar refractivity (Wildman–Crippen MR) is 82.2 cm³/mol. The van der Waals surface area contributed by atoms with E-state index >= 15 is 0 Å². The Labute approximate surface area is 118 Å². The summed E-state index contributed by atoms with van der Waals surface area (Å²) < 4.78 is 2.07. The van der Waals surface area contributed by atoms with Gasteiger partial charge in [-0.25, -0.2) is 0 Å². The molecule has 0 aromatic carbocycles. The van der Waals surface area contributed by atoms with Crippen LogP contribution in [0.3, 0.4) is 0 Å². The monoisotopic (exact) mass is 265 g/mol. The third kappa shape index (κ3) is 4.98.